The van der Waals surface area contributed by atoms with E-state index in [-0.39, 0.29) is 31.2 Å². The van der Waals surface area contributed by atoms with E-state index in [1.165, 1.54) is 13.8 Å². The number of aliphatic hydroxyl groups is 1. The van der Waals surface area contributed by atoms with Crippen LogP contribution in [0.3, 0.4) is 0 Å². The molecule has 0 aromatic carbocycles. The van der Waals surface area contributed by atoms with Crippen molar-refractivity contribution < 1.29 is 18.7 Å². The summed E-state index contributed by atoms with van der Waals surface area (Å²) >= 11 is 0. The first-order valence-electron chi connectivity index (χ1n) is 12.8. The Morgan fingerprint density at radius 3 is 2.73 bits per heavy atom. The van der Waals surface area contributed by atoms with Crippen LogP contribution >= 0.6 is 0 Å². The molecule has 0 atom stereocenters. The number of piperidine rings is 1. The molecule has 1 spiro atoms. The number of carbonyl (C=O) groups excluding carboxylic acids is 1. The minimum absolute atomic E-state index is 0.00506. The topological polar surface area (TPSA) is 115 Å². The van der Waals surface area contributed by atoms with Crippen LogP contribution in [-0.4, -0.2) is 84.1 Å². The van der Waals surface area contributed by atoms with Gasteiger partial charge in [-0.3, -0.25) is 14.8 Å². The zero-order valence-corrected chi connectivity index (χ0v) is 21.1. The molecule has 3 aromatic rings. The minimum Gasteiger partial charge on any atom is -0.393 e. The van der Waals surface area contributed by atoms with Crippen molar-refractivity contribution in [3.05, 3.63) is 18.5 Å². The second-order valence-electron chi connectivity index (χ2n) is 11.4. The van der Waals surface area contributed by atoms with Crippen LogP contribution in [0.4, 0.5) is 25.1 Å². The fraction of sp³-hybridized carbons (Fsp3) is 0.600. The molecule has 10 nitrogen and oxygen atoms in total. The van der Waals surface area contributed by atoms with E-state index in [4.69, 9.17) is 0 Å². The standard InChI is InChI=1S/C25H32F2N8O2/c1-23(2,26)12-35-19-9-17(28-10-16(19)21(32-35)33-13-24(27,14-33)15-36)20-18(11-29-31-20)30-22(37)34-8-4-3-5-25(34)6-7-25/h9-11,36H,3-8,12-15H2,1-2H3,(H,29,31)(H,30,37). The zero-order chi connectivity index (χ0) is 26.0. The van der Waals surface area contributed by atoms with E-state index in [9.17, 15) is 18.7 Å². The largest absolute Gasteiger partial charge is 0.393 e. The summed E-state index contributed by atoms with van der Waals surface area (Å²) in [5, 5.41) is 24.6. The Balaban J connectivity index is 1.31. The number of aliphatic hydroxyl groups excluding tert-OH is 1. The molecule has 5 heterocycles. The van der Waals surface area contributed by atoms with Crippen LogP contribution in [0.5, 0.6) is 0 Å². The predicted molar refractivity (Wildman–Crippen MR) is 135 cm³/mol. The van der Waals surface area contributed by atoms with Crippen molar-refractivity contribution in [2.45, 2.75) is 69.4 Å². The van der Waals surface area contributed by atoms with Gasteiger partial charge in [0.15, 0.2) is 11.5 Å². The Labute approximate surface area is 213 Å². The van der Waals surface area contributed by atoms with Crippen LogP contribution in [0.15, 0.2) is 18.5 Å². The molecule has 0 unspecified atom stereocenters. The van der Waals surface area contributed by atoms with Gasteiger partial charge in [0, 0.05) is 18.3 Å². The smallest absolute Gasteiger partial charge is 0.322 e. The summed E-state index contributed by atoms with van der Waals surface area (Å²) in [4.78, 5) is 21.4. The van der Waals surface area contributed by atoms with Crippen LogP contribution in [-0.2, 0) is 6.54 Å². The number of anilines is 2. The van der Waals surface area contributed by atoms with Gasteiger partial charge in [-0.1, -0.05) is 0 Å². The number of rotatable bonds is 6. The molecule has 12 heteroatoms. The molecular weight excluding hydrogens is 482 g/mol. The van der Waals surface area contributed by atoms with Crippen molar-refractivity contribution in [2.24, 2.45) is 0 Å². The summed E-state index contributed by atoms with van der Waals surface area (Å²) in [7, 11) is 0. The van der Waals surface area contributed by atoms with Gasteiger partial charge in [0.05, 0.1) is 54.7 Å². The maximum absolute atomic E-state index is 14.7. The van der Waals surface area contributed by atoms with Gasteiger partial charge < -0.3 is 20.2 Å². The lowest BCUT2D eigenvalue weighted by Gasteiger charge is -2.43. The van der Waals surface area contributed by atoms with Crippen molar-refractivity contribution in [1.29, 1.82) is 0 Å². The molecule has 3 aromatic heterocycles. The molecule has 3 aliphatic rings. The average molecular weight is 515 g/mol. The Hall–Kier alpha value is -3.28. The number of nitrogens with zero attached hydrogens (tertiary/aromatic N) is 6. The minimum atomic E-state index is -1.67. The first-order valence-corrected chi connectivity index (χ1v) is 12.8. The quantitative estimate of drug-likeness (QED) is 0.463. The lowest BCUT2D eigenvalue weighted by atomic mass is 9.97. The summed E-state index contributed by atoms with van der Waals surface area (Å²) in [5.41, 5.74) is -0.992. The van der Waals surface area contributed by atoms with E-state index >= 15 is 0 Å². The van der Waals surface area contributed by atoms with Crippen molar-refractivity contribution in [3.8, 4) is 11.4 Å². The number of likely N-dealkylation sites (tertiary alicyclic amines) is 1. The van der Waals surface area contributed by atoms with Crippen molar-refractivity contribution >= 4 is 28.4 Å². The van der Waals surface area contributed by atoms with Gasteiger partial charge in [0.25, 0.3) is 0 Å². The second-order valence-corrected chi connectivity index (χ2v) is 11.4. The number of carbonyl (C=O) groups is 1. The monoisotopic (exact) mass is 514 g/mol. The first kappa shape index (κ1) is 24.1. The van der Waals surface area contributed by atoms with Gasteiger partial charge in [-0.2, -0.15) is 10.2 Å². The van der Waals surface area contributed by atoms with Crippen LogP contribution in [0.2, 0.25) is 0 Å². The second kappa shape index (κ2) is 8.37. The number of fused-ring (bicyclic) bond motifs is 1. The van der Waals surface area contributed by atoms with Gasteiger partial charge >= 0.3 is 6.03 Å². The normalized spacial score (nSPS) is 20.4. The third-order valence-corrected chi connectivity index (χ3v) is 7.73. The highest BCUT2D eigenvalue weighted by atomic mass is 19.1. The number of alkyl halides is 2. The van der Waals surface area contributed by atoms with E-state index in [1.54, 1.807) is 28.0 Å². The Morgan fingerprint density at radius 1 is 1.24 bits per heavy atom. The molecule has 3 fully saturated rings. The van der Waals surface area contributed by atoms with E-state index in [1.807, 2.05) is 4.90 Å². The highest BCUT2D eigenvalue weighted by molar-refractivity contribution is 5.96. The molecule has 0 bridgehead atoms. The van der Waals surface area contributed by atoms with Gasteiger partial charge in [-0.15, -0.1) is 0 Å². The van der Waals surface area contributed by atoms with Crippen LogP contribution in [0.25, 0.3) is 22.3 Å². The SMILES string of the molecule is CC(C)(F)Cn1nc(N2CC(F)(CO)C2)c2cnc(-c3[nH]ncc3NC(=O)N3CCCCC34CC4)cc21. The molecule has 37 heavy (non-hydrogen) atoms. The summed E-state index contributed by atoms with van der Waals surface area (Å²) in [5.74, 6) is 0.498. The zero-order valence-electron chi connectivity index (χ0n) is 21.1. The lowest BCUT2D eigenvalue weighted by Crippen LogP contribution is -2.61. The lowest BCUT2D eigenvalue weighted by molar-refractivity contribution is 0.0440. The number of nitrogens with one attached hydrogen (secondary N) is 2. The number of H-pyrrole nitrogens is 1. The molecule has 2 saturated heterocycles. The molecule has 2 aliphatic heterocycles. The van der Waals surface area contributed by atoms with Crippen LogP contribution in [0, 0.1) is 0 Å². The molecule has 0 radical (unpaired) electrons. The number of amides is 2. The number of hydrogen-bond acceptors (Lipinski definition) is 6. The summed E-state index contributed by atoms with van der Waals surface area (Å²) in [6.45, 7) is 3.13. The molecule has 198 valence electrons. The number of halogens is 2. The number of urea groups is 1. The van der Waals surface area contributed by atoms with E-state index in [2.05, 4.69) is 25.6 Å². The third-order valence-electron chi connectivity index (χ3n) is 7.73. The predicted octanol–water partition coefficient (Wildman–Crippen LogP) is 3.64. The Bertz CT molecular complexity index is 1340. The maximum atomic E-state index is 14.7. The van der Waals surface area contributed by atoms with Gasteiger partial charge in [0.2, 0.25) is 0 Å². The fourth-order valence-corrected chi connectivity index (χ4v) is 5.62. The molecule has 3 N–H and O–H groups in total. The van der Waals surface area contributed by atoms with E-state index in [0.717, 1.165) is 38.6 Å². The molecule has 1 aliphatic carbocycles. The fourth-order valence-electron chi connectivity index (χ4n) is 5.62. The number of pyridine rings is 1. The highest BCUT2D eigenvalue weighted by Gasteiger charge is 2.51. The maximum Gasteiger partial charge on any atom is 0.322 e. The third kappa shape index (κ3) is 4.30. The van der Waals surface area contributed by atoms with Crippen molar-refractivity contribution in [2.75, 3.05) is 36.5 Å². The summed E-state index contributed by atoms with van der Waals surface area (Å²) in [6.07, 6.45) is 8.49. The average Bonchev–Trinajstić information content (AvgIpc) is 3.29. The van der Waals surface area contributed by atoms with Crippen LogP contribution in [0.1, 0.15) is 46.0 Å². The number of aromatic amines is 1. The summed E-state index contributed by atoms with van der Waals surface area (Å²) in [6, 6.07) is 1.64. The summed E-state index contributed by atoms with van der Waals surface area (Å²) < 4.78 is 30.6. The number of hydrogen-bond donors (Lipinski definition) is 3. The molecule has 2 amide bonds. The number of aromatic nitrogens is 5. The Morgan fingerprint density at radius 2 is 2.03 bits per heavy atom. The Kier molecular flexibility index (Phi) is 5.45. The van der Waals surface area contributed by atoms with Gasteiger partial charge in [-0.05, 0) is 52.0 Å². The molecule has 6 rings (SSSR count). The van der Waals surface area contributed by atoms with Crippen molar-refractivity contribution in [3.63, 3.8) is 0 Å². The van der Waals surface area contributed by atoms with E-state index in [0.29, 0.717) is 33.8 Å². The van der Waals surface area contributed by atoms with Gasteiger partial charge in [-0.25, -0.2) is 13.6 Å². The first-order chi connectivity index (χ1) is 17.6. The highest BCUT2D eigenvalue weighted by Crippen LogP contribution is 2.48. The molecule has 1 saturated carbocycles. The molecular formula is C25H32F2N8O2. The van der Waals surface area contributed by atoms with E-state index < -0.39 is 17.9 Å². The van der Waals surface area contributed by atoms with Gasteiger partial charge in [0.1, 0.15) is 11.4 Å². The van der Waals surface area contributed by atoms with Crippen LogP contribution < -0.4 is 10.2 Å². The van der Waals surface area contributed by atoms with Crippen molar-refractivity contribution in [1.82, 2.24) is 29.9 Å².